The van der Waals surface area contributed by atoms with Crippen molar-refractivity contribution in [1.29, 1.82) is 0 Å². The Kier molecular flexibility index (Phi) is 36.3. The minimum absolute atomic E-state index is 0. The number of pyridine rings is 4. The molecular formula is C107H139BrCl2N26O8S2. The van der Waals surface area contributed by atoms with Crippen molar-refractivity contribution in [2.24, 2.45) is 0 Å². The Hall–Kier alpha value is -12.7. The van der Waals surface area contributed by atoms with Gasteiger partial charge in [-0.05, 0) is 269 Å². The zero-order valence-electron chi connectivity index (χ0n) is 88.9. The number of nitrogens with one attached hydrogen (secondary N) is 4. The molecule has 0 saturated heterocycles. The monoisotopic (exact) mass is 2130 g/mol. The van der Waals surface area contributed by atoms with Crippen LogP contribution in [0.5, 0.6) is 0 Å². The maximum Gasteiger partial charge on any atom is 0.410 e. The normalized spacial score (nSPS) is 13.2. The molecule has 0 atom stereocenters. The van der Waals surface area contributed by atoms with E-state index in [2.05, 4.69) is 173 Å². The second-order valence-corrected chi connectivity index (χ2v) is 45.4. The summed E-state index contributed by atoms with van der Waals surface area (Å²) in [5, 5.41) is 16.3. The van der Waals surface area contributed by atoms with Gasteiger partial charge in [-0.25, -0.2) is 92.2 Å². The van der Waals surface area contributed by atoms with Crippen LogP contribution in [-0.4, -0.2) is 163 Å². The molecule has 6 N–H and O–H groups in total. The van der Waals surface area contributed by atoms with Crippen molar-refractivity contribution in [2.45, 2.75) is 286 Å². The van der Waals surface area contributed by atoms with Gasteiger partial charge in [-0.3, -0.25) is 24.3 Å². The van der Waals surface area contributed by atoms with Gasteiger partial charge in [0.2, 0.25) is 11.9 Å². The quantitative estimate of drug-likeness (QED) is 0.0310. The summed E-state index contributed by atoms with van der Waals surface area (Å²) in [5.74, 6) is 2.82. The van der Waals surface area contributed by atoms with Crippen LogP contribution in [-0.2, 0) is 70.0 Å². The van der Waals surface area contributed by atoms with Gasteiger partial charge in [-0.15, -0.1) is 24.8 Å². The number of carbonyl (C=O) groups excluding carboxylic acids is 2. The number of aromatic amines is 1. The number of amides is 2. The molecule has 0 fully saturated rings. The minimum atomic E-state index is -0.529. The minimum Gasteiger partial charge on any atom is -0.444 e. The van der Waals surface area contributed by atoms with Crippen LogP contribution in [0, 0.1) is 0 Å². The Morgan fingerprint density at radius 1 is 0.411 bits per heavy atom. The molecule has 0 spiro atoms. The van der Waals surface area contributed by atoms with Gasteiger partial charge in [0.1, 0.15) is 37.4 Å². The van der Waals surface area contributed by atoms with E-state index in [1.165, 1.54) is 40.2 Å². The number of H-pyrrole nitrogens is 1. The van der Waals surface area contributed by atoms with E-state index in [1.807, 2.05) is 228 Å². The zero-order chi connectivity index (χ0) is 105. The number of nitrogens with two attached hydrogens (primary N) is 1. The molecule has 0 unspecified atom stereocenters. The first-order valence-electron chi connectivity index (χ1n) is 48.6. The molecule has 0 saturated carbocycles. The van der Waals surface area contributed by atoms with Crippen molar-refractivity contribution in [1.82, 2.24) is 113 Å². The van der Waals surface area contributed by atoms with Crippen molar-refractivity contribution in [3.63, 3.8) is 0 Å². The summed E-state index contributed by atoms with van der Waals surface area (Å²) >= 11 is 6.25. The third-order valence-electron chi connectivity index (χ3n) is 23.7. The number of carbonyl (C=O) groups is 2. The Bertz CT molecular complexity index is 7460. The van der Waals surface area contributed by atoms with Crippen molar-refractivity contribution in [3.05, 3.63) is 254 Å². The van der Waals surface area contributed by atoms with E-state index in [4.69, 9.17) is 40.1 Å². The summed E-state index contributed by atoms with van der Waals surface area (Å²) in [6.07, 6.45) is 12.2. The topological polar surface area (TPSA) is 394 Å². The van der Waals surface area contributed by atoms with Crippen LogP contribution in [0.1, 0.15) is 260 Å². The molecule has 2 amide bonds. The molecule has 15 heterocycles. The summed E-state index contributed by atoms with van der Waals surface area (Å²) in [6, 6.07) is 41.7. The zero-order valence-corrected chi connectivity index (χ0v) is 93.7. The summed E-state index contributed by atoms with van der Waals surface area (Å²) < 4.78 is 23.9. The number of nitrogen functional groups attached to an aromatic ring is 1. The fourth-order valence-corrected chi connectivity index (χ4v) is 17.3. The lowest BCUT2D eigenvalue weighted by atomic mass is 9.92. The molecule has 3 aliphatic heterocycles. The second-order valence-electron chi connectivity index (χ2n) is 43.1. The maximum atomic E-state index is 13.4. The average Bonchev–Trinajstić information content (AvgIpc) is 1.60. The van der Waals surface area contributed by atoms with Gasteiger partial charge in [0.25, 0.3) is 22.2 Å². The Morgan fingerprint density at radius 3 is 1.16 bits per heavy atom. The van der Waals surface area contributed by atoms with Gasteiger partial charge in [0.05, 0.1) is 0 Å². The molecule has 778 valence electrons. The molecular weight excluding hydrogens is 1990 g/mol. The molecule has 0 bridgehead atoms. The van der Waals surface area contributed by atoms with Crippen LogP contribution >= 0.6 is 64.3 Å². The van der Waals surface area contributed by atoms with Crippen LogP contribution in [0.3, 0.4) is 0 Å². The second kappa shape index (κ2) is 46.6. The van der Waals surface area contributed by atoms with Gasteiger partial charge < -0.3 is 41.0 Å². The van der Waals surface area contributed by atoms with Gasteiger partial charge in [-0.2, -0.15) is 9.97 Å². The number of rotatable bonds is 13. The highest BCUT2D eigenvalue weighted by molar-refractivity contribution is 9.10. The largest absolute Gasteiger partial charge is 0.444 e. The average molecular weight is 2130 g/mol. The van der Waals surface area contributed by atoms with Gasteiger partial charge >= 0.3 is 12.2 Å². The van der Waals surface area contributed by atoms with Crippen molar-refractivity contribution < 1.29 is 19.1 Å². The molecule has 34 nitrogen and oxygen atoms in total. The lowest BCUT2D eigenvalue weighted by Crippen LogP contribution is -2.39. The summed E-state index contributed by atoms with van der Waals surface area (Å²) in [5.41, 5.74) is 20.1. The van der Waals surface area contributed by atoms with Crippen molar-refractivity contribution in [2.75, 3.05) is 48.5 Å². The number of benzene rings is 3. The van der Waals surface area contributed by atoms with Crippen LogP contribution in [0.15, 0.2) is 186 Å². The highest BCUT2D eigenvalue weighted by Crippen LogP contribution is 2.34. The van der Waals surface area contributed by atoms with Crippen LogP contribution < -0.4 is 43.9 Å². The van der Waals surface area contributed by atoms with E-state index in [0.717, 1.165) is 93.5 Å². The number of hydrogen-bond acceptors (Lipinski definition) is 26. The number of halogens is 3. The molecule has 39 heteroatoms. The molecule has 18 rings (SSSR count). The van der Waals surface area contributed by atoms with Crippen molar-refractivity contribution >= 4 is 150 Å². The molecule has 146 heavy (non-hydrogen) atoms. The number of nitrogens with zero attached hydrogens (tertiary/aromatic N) is 21. The van der Waals surface area contributed by atoms with Gasteiger partial charge in [0.15, 0.2) is 50.4 Å². The standard InChI is InChI=1S/C31H39N7O3.C26H31N7O.C18H23N5OS.C14H20N2O2.C9H12BrN.C9H12N4OS.2ClH/c1-19(2)37-27(39)23-17-32-28(35-26(23)38(37)25-11-9-10-24(34-25)30(3,4)5)33-22-13-12-21-18-36(15-14-20(21)16-22)29(40)41-31(6,7)8;1-16(2)32-24(34)20-15-28-25(29-19-10-9-18-14-27-12-11-17(18)13-19)31-23(20)33(32)22-8-6-7-21(30-22)26(3,4)5;1-11(2)22-16(24)12-10-19-17(25-6)21-15(12)23(22)14-9-7-8-13(20-14)18(3,4)5;1-14(2,3)18-13(17)16-7-6-10-8-12(15)5-4-11(10)9-16;1-9(2,3)7-5-4-6-8(10)11-7;1-5(2)13-8(14)6-4-10-9(15-3)11-7(6)12-13;;/h9-13,16-17,19H,14-15,18H2,1-8H3,(H,32,33,35);6-10,13,15-16,27H,11-12,14H2,1-5H3,(H,28,29,31);7-11H,1-6H3;4-5,8H,6-7,9,15H2,1-3H3;4-6H,1-3H3;4-5H,1-3H3,(H,10,11,12);2*1H. The van der Waals surface area contributed by atoms with Crippen LogP contribution in [0.4, 0.5) is 38.5 Å². The van der Waals surface area contributed by atoms with E-state index in [-0.39, 0.29) is 105 Å². The lowest BCUT2D eigenvalue weighted by Gasteiger charge is -2.31. The molecule has 12 aromatic heterocycles. The summed E-state index contributed by atoms with van der Waals surface area (Å²) in [7, 11) is 0. The highest BCUT2D eigenvalue weighted by atomic mass is 79.9. The van der Waals surface area contributed by atoms with Crippen molar-refractivity contribution in [3.8, 4) is 17.5 Å². The smallest absolute Gasteiger partial charge is 0.410 e. The molecule has 3 aromatic carbocycles. The molecule has 0 radical (unpaired) electrons. The number of ether oxygens (including phenoxy) is 2. The predicted octanol–water partition coefficient (Wildman–Crippen LogP) is 21.7. The lowest BCUT2D eigenvalue weighted by molar-refractivity contribution is 0.0214. The third-order valence-corrected chi connectivity index (χ3v) is 25.2. The molecule has 0 aliphatic carbocycles. The SMILES string of the molecule is CC(C)(C)OC(=O)N1CCc2cc(N)ccc2C1.CC(C)(C)c1cccc(Br)n1.CC(C)n1c(=O)c2cnc(Nc3ccc4c(c3)CCN(C(=O)OC(C)(C)C)C4)nc2n1-c1cccc(C(C)(C)C)n1.CC(C)n1c(=O)c2cnc(Nc3ccc4c(c3)CCNC4)nc2n1-c1cccc(C(C)(C)C)n1.CSc1ncc2c(=O)n(C(C)C)[nH]c2n1.CSc1ncc2c(=O)n(C(C)C)n(-c3cccc(C(C)(C)C)n3)c2n1.Cl.Cl. The number of thioether (sulfide) groups is 2. The van der Waals surface area contributed by atoms with Crippen LogP contribution in [0.25, 0.3) is 61.6 Å². The van der Waals surface area contributed by atoms with E-state index in [0.29, 0.717) is 110 Å². The van der Waals surface area contributed by atoms with E-state index < -0.39 is 11.2 Å². The van der Waals surface area contributed by atoms with E-state index in [1.54, 1.807) is 58.0 Å². The first kappa shape index (κ1) is 114. The van der Waals surface area contributed by atoms with E-state index in [9.17, 15) is 28.8 Å². The first-order chi connectivity index (χ1) is 67.6. The number of fused-ring (bicyclic) bond motifs is 7. The maximum absolute atomic E-state index is 13.4. The fraction of sp³-hybridized carbons (Fsp3) is 0.439. The fourth-order valence-electron chi connectivity index (χ4n) is 16.3. The molecule has 3 aliphatic rings. The van der Waals surface area contributed by atoms with Gasteiger partial charge in [-0.1, -0.05) is 149 Å². The number of aromatic nitrogens is 20. The van der Waals surface area contributed by atoms with Gasteiger partial charge in [0, 0.05) is 143 Å². The Morgan fingerprint density at radius 2 is 0.774 bits per heavy atom. The first-order valence-corrected chi connectivity index (χ1v) is 51.8. The summed E-state index contributed by atoms with van der Waals surface area (Å²) in [6.45, 7) is 56.8. The highest BCUT2D eigenvalue weighted by Gasteiger charge is 2.32. The Labute approximate surface area is 881 Å². The predicted molar refractivity (Wildman–Crippen MR) is 594 cm³/mol. The Balaban J connectivity index is 0.000000175. The molecule has 15 aromatic rings. The number of anilines is 5. The number of hydrogen-bond donors (Lipinski definition) is 5. The summed E-state index contributed by atoms with van der Waals surface area (Å²) in [4.78, 5) is 134. The third kappa shape index (κ3) is 27.4. The van der Waals surface area contributed by atoms with Crippen LogP contribution in [0.2, 0.25) is 0 Å². The van der Waals surface area contributed by atoms with E-state index >= 15 is 0 Å².